The Morgan fingerprint density at radius 2 is 1.62 bits per heavy atom. The fourth-order valence-electron chi connectivity index (χ4n) is 2.53. The molecule has 0 bridgehead atoms. The molecule has 7 nitrogen and oxygen atoms in total. The lowest BCUT2D eigenvalue weighted by Crippen LogP contribution is -2.02. The fraction of sp³-hybridized carbons (Fsp3) is 0.118. The first kappa shape index (κ1) is 15.5. The molecule has 3 N–H and O–H groups in total. The summed E-state index contributed by atoms with van der Waals surface area (Å²) >= 11 is 0. The molecule has 0 aliphatic rings. The summed E-state index contributed by atoms with van der Waals surface area (Å²) in [7, 11) is 2.76. The van der Waals surface area contributed by atoms with Crippen LogP contribution in [0.2, 0.25) is 0 Å². The van der Waals surface area contributed by atoms with Gasteiger partial charge in [-0.1, -0.05) is 0 Å². The van der Waals surface area contributed by atoms with E-state index in [1.54, 1.807) is 0 Å². The van der Waals surface area contributed by atoms with Crippen molar-refractivity contribution in [3.05, 3.63) is 40.6 Å². The molecule has 0 saturated heterocycles. The van der Waals surface area contributed by atoms with Gasteiger partial charge in [-0.25, -0.2) is 0 Å². The minimum atomic E-state index is -0.488. The Hall–Kier alpha value is -3.35. The summed E-state index contributed by atoms with van der Waals surface area (Å²) in [4.78, 5) is 12.3. The van der Waals surface area contributed by atoms with Crippen molar-refractivity contribution in [3.8, 4) is 40.1 Å². The van der Waals surface area contributed by atoms with Crippen molar-refractivity contribution in [3.63, 3.8) is 0 Å². The van der Waals surface area contributed by atoms with Crippen LogP contribution in [0.1, 0.15) is 0 Å². The zero-order valence-electron chi connectivity index (χ0n) is 12.9. The summed E-state index contributed by atoms with van der Waals surface area (Å²) in [6, 6.07) is 6.35. The van der Waals surface area contributed by atoms with Gasteiger partial charge in [0.15, 0.2) is 16.9 Å². The zero-order chi connectivity index (χ0) is 17.4. The van der Waals surface area contributed by atoms with Crippen molar-refractivity contribution in [2.24, 2.45) is 0 Å². The average molecular weight is 330 g/mol. The van der Waals surface area contributed by atoms with E-state index in [0.29, 0.717) is 5.56 Å². The second kappa shape index (κ2) is 5.69. The van der Waals surface area contributed by atoms with Crippen LogP contribution >= 0.6 is 0 Å². The van der Waals surface area contributed by atoms with E-state index < -0.39 is 5.43 Å². The predicted octanol–water partition coefficient (Wildman–Crippen LogP) is 2.59. The number of phenolic OH excluding ortho intramolecular Hbond substituents is 3. The molecule has 1 heterocycles. The van der Waals surface area contributed by atoms with Gasteiger partial charge in [0.2, 0.25) is 5.75 Å². The van der Waals surface area contributed by atoms with Crippen LogP contribution in [0.3, 0.4) is 0 Å². The third-order valence-electron chi connectivity index (χ3n) is 3.56. The summed E-state index contributed by atoms with van der Waals surface area (Å²) in [6.45, 7) is 0. The smallest absolute Gasteiger partial charge is 0.203 e. The van der Waals surface area contributed by atoms with Crippen LogP contribution in [0, 0.1) is 0 Å². The zero-order valence-corrected chi connectivity index (χ0v) is 12.9. The largest absolute Gasteiger partial charge is 0.508 e. The Morgan fingerprint density at radius 3 is 2.29 bits per heavy atom. The van der Waals surface area contributed by atoms with Crippen LogP contribution in [-0.4, -0.2) is 29.5 Å². The Balaban J connectivity index is 2.34. The molecule has 2 aromatic carbocycles. The van der Waals surface area contributed by atoms with Gasteiger partial charge >= 0.3 is 0 Å². The van der Waals surface area contributed by atoms with Crippen molar-refractivity contribution < 1.29 is 29.2 Å². The van der Waals surface area contributed by atoms with Crippen LogP contribution in [-0.2, 0) is 0 Å². The van der Waals surface area contributed by atoms with Crippen LogP contribution in [0.5, 0.6) is 28.7 Å². The van der Waals surface area contributed by atoms with Crippen molar-refractivity contribution in [1.82, 2.24) is 0 Å². The highest BCUT2D eigenvalue weighted by Crippen LogP contribution is 2.44. The molecular weight excluding hydrogens is 316 g/mol. The second-order valence-corrected chi connectivity index (χ2v) is 5.01. The van der Waals surface area contributed by atoms with Crippen molar-refractivity contribution >= 4 is 11.0 Å². The molecule has 0 aliphatic heterocycles. The molecule has 0 amide bonds. The topological polar surface area (TPSA) is 109 Å². The monoisotopic (exact) mass is 330 g/mol. The van der Waals surface area contributed by atoms with Crippen LogP contribution in [0.4, 0.5) is 0 Å². The number of benzene rings is 2. The van der Waals surface area contributed by atoms with E-state index in [4.69, 9.17) is 13.9 Å². The molecule has 1 aromatic heterocycles. The maximum Gasteiger partial charge on any atom is 0.203 e. The fourth-order valence-corrected chi connectivity index (χ4v) is 2.53. The van der Waals surface area contributed by atoms with Crippen molar-refractivity contribution in [2.45, 2.75) is 0 Å². The van der Waals surface area contributed by atoms with Crippen LogP contribution in [0.25, 0.3) is 22.3 Å². The molecule has 0 saturated carbocycles. The number of phenols is 3. The maximum atomic E-state index is 12.3. The SMILES string of the molecule is COc1c(O)ccc(-c2cc(=O)c3c(O)cc(O)cc3o2)c1OC. The molecular formula is C17H14O7. The summed E-state index contributed by atoms with van der Waals surface area (Å²) in [5, 5.41) is 29.2. The summed E-state index contributed by atoms with van der Waals surface area (Å²) in [5.41, 5.74) is -0.101. The number of aromatic hydroxyl groups is 3. The van der Waals surface area contributed by atoms with Gasteiger partial charge < -0.3 is 29.2 Å². The lowest BCUT2D eigenvalue weighted by atomic mass is 10.1. The van der Waals surface area contributed by atoms with E-state index in [9.17, 15) is 20.1 Å². The van der Waals surface area contributed by atoms with Gasteiger partial charge in [0.1, 0.15) is 28.2 Å². The Kier molecular flexibility index (Phi) is 3.69. The van der Waals surface area contributed by atoms with Gasteiger partial charge in [-0.15, -0.1) is 0 Å². The number of hydrogen-bond donors (Lipinski definition) is 3. The molecule has 3 rings (SSSR count). The van der Waals surface area contributed by atoms with Gasteiger partial charge in [0, 0.05) is 18.2 Å². The van der Waals surface area contributed by atoms with Gasteiger partial charge in [-0.05, 0) is 12.1 Å². The molecule has 0 aliphatic carbocycles. The molecule has 24 heavy (non-hydrogen) atoms. The predicted molar refractivity (Wildman–Crippen MR) is 86.0 cm³/mol. The summed E-state index contributed by atoms with van der Waals surface area (Å²) < 4.78 is 16.0. The molecule has 0 radical (unpaired) electrons. The highest BCUT2D eigenvalue weighted by Gasteiger charge is 2.19. The summed E-state index contributed by atoms with van der Waals surface area (Å²) in [5.74, 6) is -0.332. The second-order valence-electron chi connectivity index (χ2n) is 5.01. The molecule has 3 aromatic rings. The van der Waals surface area contributed by atoms with E-state index in [2.05, 4.69) is 0 Å². The normalized spacial score (nSPS) is 10.8. The number of hydrogen-bond acceptors (Lipinski definition) is 7. The van der Waals surface area contributed by atoms with Gasteiger partial charge in [-0.2, -0.15) is 0 Å². The van der Waals surface area contributed by atoms with E-state index in [1.807, 2.05) is 0 Å². The molecule has 0 spiro atoms. The maximum absolute atomic E-state index is 12.3. The average Bonchev–Trinajstić information content (AvgIpc) is 2.53. The number of methoxy groups -OCH3 is 2. The lowest BCUT2D eigenvalue weighted by Gasteiger charge is -2.13. The van der Waals surface area contributed by atoms with Gasteiger partial charge in [0.05, 0.1) is 19.8 Å². The standard InChI is InChI=1S/C17H14O7/c1-22-16-9(3-4-10(19)17(16)23-2)13-7-12(21)15-11(20)5-8(18)6-14(15)24-13/h3-7,18-20H,1-2H3. The molecule has 124 valence electrons. The van der Waals surface area contributed by atoms with E-state index in [1.165, 1.54) is 38.5 Å². The van der Waals surface area contributed by atoms with E-state index in [0.717, 1.165) is 6.07 Å². The Morgan fingerprint density at radius 1 is 0.917 bits per heavy atom. The molecule has 0 fully saturated rings. The van der Waals surface area contributed by atoms with Crippen LogP contribution < -0.4 is 14.9 Å². The highest BCUT2D eigenvalue weighted by molar-refractivity contribution is 5.86. The first-order valence-electron chi connectivity index (χ1n) is 6.90. The van der Waals surface area contributed by atoms with Crippen molar-refractivity contribution in [2.75, 3.05) is 14.2 Å². The lowest BCUT2D eigenvalue weighted by molar-refractivity contribution is 0.333. The minimum absolute atomic E-state index is 0.0177. The molecule has 7 heteroatoms. The molecule has 0 unspecified atom stereocenters. The van der Waals surface area contributed by atoms with E-state index in [-0.39, 0.29) is 45.5 Å². The Labute approximate surface area is 135 Å². The third-order valence-corrected chi connectivity index (χ3v) is 3.56. The van der Waals surface area contributed by atoms with Crippen molar-refractivity contribution in [1.29, 1.82) is 0 Å². The number of rotatable bonds is 3. The Bertz CT molecular complexity index is 988. The van der Waals surface area contributed by atoms with E-state index >= 15 is 0 Å². The third kappa shape index (κ3) is 2.36. The number of fused-ring (bicyclic) bond motifs is 1. The quantitative estimate of drug-likeness (QED) is 0.677. The van der Waals surface area contributed by atoms with Crippen LogP contribution in [0.15, 0.2) is 39.5 Å². The molecule has 0 atom stereocenters. The van der Waals surface area contributed by atoms with Gasteiger partial charge in [0.25, 0.3) is 0 Å². The highest BCUT2D eigenvalue weighted by atomic mass is 16.5. The number of ether oxygens (including phenoxy) is 2. The first-order valence-corrected chi connectivity index (χ1v) is 6.90. The minimum Gasteiger partial charge on any atom is -0.508 e. The van der Waals surface area contributed by atoms with Gasteiger partial charge in [-0.3, -0.25) is 4.79 Å². The summed E-state index contributed by atoms with van der Waals surface area (Å²) in [6.07, 6.45) is 0. The first-order chi connectivity index (χ1) is 11.5.